The molecule has 0 saturated heterocycles. The van der Waals surface area contributed by atoms with Gasteiger partial charge in [-0.3, -0.25) is 0 Å². The summed E-state index contributed by atoms with van der Waals surface area (Å²) in [4.78, 5) is 8.21. The molecule has 1 unspecified atom stereocenters. The molecule has 15 heavy (non-hydrogen) atoms. The second-order valence-corrected chi connectivity index (χ2v) is 4.56. The zero-order valence-electron chi connectivity index (χ0n) is 9.57. The number of methoxy groups -OCH3 is 1. The molecule has 0 aliphatic carbocycles. The van der Waals surface area contributed by atoms with Crippen LogP contribution in [-0.2, 0) is 0 Å². The molecule has 4 nitrogen and oxygen atoms in total. The van der Waals surface area contributed by atoms with E-state index in [-0.39, 0.29) is 0 Å². The first-order chi connectivity index (χ1) is 7.19. The first-order valence-electron chi connectivity index (χ1n) is 4.81. The number of nitrogens with one attached hydrogen (secondary N) is 1. The zero-order valence-corrected chi connectivity index (χ0v) is 10.4. The van der Waals surface area contributed by atoms with E-state index in [2.05, 4.69) is 28.5 Å². The van der Waals surface area contributed by atoms with Crippen molar-refractivity contribution in [2.45, 2.75) is 19.1 Å². The van der Waals surface area contributed by atoms with E-state index in [0.29, 0.717) is 11.1 Å². The fourth-order valence-corrected chi connectivity index (χ4v) is 1.39. The molecule has 1 aromatic heterocycles. The summed E-state index contributed by atoms with van der Waals surface area (Å²) in [6.45, 7) is 5.01. The number of rotatable bonds is 5. The molecule has 1 atom stereocenters. The summed E-state index contributed by atoms with van der Waals surface area (Å²) >= 11 is 1.82. The molecule has 0 aliphatic heterocycles. The highest BCUT2D eigenvalue weighted by Crippen LogP contribution is 2.20. The Balaban J connectivity index is 2.68. The third-order valence-electron chi connectivity index (χ3n) is 2.19. The molecule has 1 aromatic rings. The predicted octanol–water partition coefficient (Wildman–Crippen LogP) is 1.96. The Morgan fingerprint density at radius 3 is 2.87 bits per heavy atom. The van der Waals surface area contributed by atoms with Gasteiger partial charge in [-0.15, -0.1) is 0 Å². The minimum Gasteiger partial charge on any atom is -0.481 e. The number of anilines is 1. The number of hydrogen-bond donors (Lipinski definition) is 1. The number of hydrogen-bond acceptors (Lipinski definition) is 5. The van der Waals surface area contributed by atoms with Crippen molar-refractivity contribution < 1.29 is 4.74 Å². The van der Waals surface area contributed by atoms with Crippen LogP contribution in [0.5, 0.6) is 5.88 Å². The van der Waals surface area contributed by atoms with Gasteiger partial charge in [0.2, 0.25) is 5.88 Å². The molecular weight excluding hydrogens is 210 g/mol. The summed E-state index contributed by atoms with van der Waals surface area (Å²) in [6, 6.07) is 0. The van der Waals surface area contributed by atoms with E-state index in [0.717, 1.165) is 17.9 Å². The van der Waals surface area contributed by atoms with Gasteiger partial charge in [-0.25, -0.2) is 9.97 Å². The maximum absolute atomic E-state index is 5.12. The summed E-state index contributed by atoms with van der Waals surface area (Å²) in [6.07, 6.45) is 3.61. The highest BCUT2D eigenvalue weighted by molar-refractivity contribution is 7.99. The molecule has 84 valence electrons. The van der Waals surface area contributed by atoms with Gasteiger partial charge in [-0.2, -0.15) is 11.8 Å². The molecule has 1 rings (SSSR count). The number of thioether (sulfide) groups is 1. The monoisotopic (exact) mass is 227 g/mol. The van der Waals surface area contributed by atoms with Gasteiger partial charge < -0.3 is 10.1 Å². The molecule has 0 saturated carbocycles. The molecule has 0 fully saturated rings. The maximum Gasteiger partial charge on any atom is 0.221 e. The van der Waals surface area contributed by atoms with E-state index in [1.807, 2.05) is 18.7 Å². The van der Waals surface area contributed by atoms with E-state index in [4.69, 9.17) is 4.74 Å². The average Bonchev–Trinajstić information content (AvgIpc) is 2.27. The van der Waals surface area contributed by atoms with Crippen molar-refractivity contribution in [3.63, 3.8) is 0 Å². The average molecular weight is 227 g/mol. The van der Waals surface area contributed by atoms with Crippen LogP contribution in [0.1, 0.15) is 12.5 Å². The first kappa shape index (κ1) is 12.1. The highest BCUT2D eigenvalue weighted by atomic mass is 32.2. The van der Waals surface area contributed by atoms with Gasteiger partial charge in [-0.1, -0.05) is 6.92 Å². The van der Waals surface area contributed by atoms with Crippen LogP contribution >= 0.6 is 11.8 Å². The smallest absolute Gasteiger partial charge is 0.221 e. The fourth-order valence-electron chi connectivity index (χ4n) is 1.14. The fraction of sp³-hybridized carbons (Fsp3) is 0.600. The van der Waals surface area contributed by atoms with Gasteiger partial charge in [0.15, 0.2) is 0 Å². The summed E-state index contributed by atoms with van der Waals surface area (Å²) in [5, 5.41) is 3.85. The van der Waals surface area contributed by atoms with Crippen molar-refractivity contribution in [2.24, 2.45) is 0 Å². The lowest BCUT2D eigenvalue weighted by Crippen LogP contribution is -2.14. The van der Waals surface area contributed by atoms with Crippen LogP contribution in [0.25, 0.3) is 0 Å². The van der Waals surface area contributed by atoms with Gasteiger partial charge in [0.1, 0.15) is 12.1 Å². The van der Waals surface area contributed by atoms with Crippen LogP contribution in [0.4, 0.5) is 5.82 Å². The lowest BCUT2D eigenvalue weighted by molar-refractivity contribution is 0.393. The van der Waals surface area contributed by atoms with Crippen molar-refractivity contribution >= 4 is 17.6 Å². The summed E-state index contributed by atoms with van der Waals surface area (Å²) in [5.41, 5.74) is 0.952. The third-order valence-corrected chi connectivity index (χ3v) is 3.16. The number of ether oxygens (including phenoxy) is 1. The van der Waals surface area contributed by atoms with E-state index in [1.165, 1.54) is 6.33 Å². The zero-order chi connectivity index (χ0) is 11.3. The molecule has 0 aromatic carbocycles. The van der Waals surface area contributed by atoms with Crippen molar-refractivity contribution in [1.29, 1.82) is 0 Å². The van der Waals surface area contributed by atoms with Crippen LogP contribution in [0, 0.1) is 6.92 Å². The summed E-state index contributed by atoms with van der Waals surface area (Å²) in [7, 11) is 1.61. The van der Waals surface area contributed by atoms with Crippen molar-refractivity contribution in [2.75, 3.05) is 25.2 Å². The Morgan fingerprint density at radius 2 is 2.27 bits per heavy atom. The summed E-state index contributed by atoms with van der Waals surface area (Å²) in [5.74, 6) is 1.48. The minimum absolute atomic E-state index is 0.561. The maximum atomic E-state index is 5.12. The molecular formula is C10H17N3OS. The van der Waals surface area contributed by atoms with Gasteiger partial charge in [0.25, 0.3) is 0 Å². The van der Waals surface area contributed by atoms with Crippen LogP contribution < -0.4 is 10.1 Å². The molecule has 0 amide bonds. The molecule has 0 bridgehead atoms. The van der Waals surface area contributed by atoms with Crippen LogP contribution in [0.2, 0.25) is 0 Å². The van der Waals surface area contributed by atoms with Crippen molar-refractivity contribution in [3.8, 4) is 5.88 Å². The minimum atomic E-state index is 0.561. The van der Waals surface area contributed by atoms with E-state index in [1.54, 1.807) is 7.11 Å². The summed E-state index contributed by atoms with van der Waals surface area (Å²) < 4.78 is 5.12. The SMILES string of the molecule is COc1ncnc(NCC(C)SC)c1C. The Morgan fingerprint density at radius 1 is 1.53 bits per heavy atom. The molecule has 1 N–H and O–H groups in total. The number of aromatic nitrogens is 2. The lowest BCUT2D eigenvalue weighted by atomic mass is 10.3. The van der Waals surface area contributed by atoms with Crippen LogP contribution in [0.15, 0.2) is 6.33 Å². The molecule has 0 spiro atoms. The first-order valence-corrected chi connectivity index (χ1v) is 6.10. The largest absolute Gasteiger partial charge is 0.481 e. The predicted molar refractivity (Wildman–Crippen MR) is 64.8 cm³/mol. The second kappa shape index (κ2) is 5.80. The lowest BCUT2D eigenvalue weighted by Gasteiger charge is -2.13. The number of nitrogens with zero attached hydrogens (tertiary/aromatic N) is 2. The van der Waals surface area contributed by atoms with Crippen molar-refractivity contribution in [1.82, 2.24) is 9.97 Å². The molecule has 0 radical (unpaired) electrons. The Kier molecular flexibility index (Phi) is 4.68. The second-order valence-electron chi connectivity index (χ2n) is 3.28. The Bertz CT molecular complexity index is 320. The Hall–Kier alpha value is -0.970. The molecule has 1 heterocycles. The van der Waals surface area contributed by atoms with E-state index in [9.17, 15) is 0 Å². The van der Waals surface area contributed by atoms with Gasteiger partial charge >= 0.3 is 0 Å². The van der Waals surface area contributed by atoms with E-state index < -0.39 is 0 Å². The molecule has 5 heteroatoms. The Labute approximate surface area is 94.8 Å². The van der Waals surface area contributed by atoms with Gasteiger partial charge in [-0.05, 0) is 13.2 Å². The van der Waals surface area contributed by atoms with Gasteiger partial charge in [0.05, 0.1) is 12.7 Å². The van der Waals surface area contributed by atoms with E-state index >= 15 is 0 Å². The topological polar surface area (TPSA) is 47.0 Å². The standard InChI is InChI=1S/C10H17N3OS/c1-7(15-4)5-11-9-8(2)10(14-3)13-6-12-9/h6-7H,5H2,1-4H3,(H,11,12,13). The van der Waals surface area contributed by atoms with Gasteiger partial charge in [0, 0.05) is 11.8 Å². The molecule has 0 aliphatic rings. The quantitative estimate of drug-likeness (QED) is 0.833. The third kappa shape index (κ3) is 3.27. The normalized spacial score (nSPS) is 12.3. The van der Waals surface area contributed by atoms with Crippen LogP contribution in [0.3, 0.4) is 0 Å². The van der Waals surface area contributed by atoms with Crippen molar-refractivity contribution in [3.05, 3.63) is 11.9 Å². The highest BCUT2D eigenvalue weighted by Gasteiger charge is 2.07. The van der Waals surface area contributed by atoms with Crippen LogP contribution in [-0.4, -0.2) is 35.1 Å².